The van der Waals surface area contributed by atoms with Crippen molar-refractivity contribution in [2.45, 2.75) is 39.7 Å². The number of hydrogen-bond donors (Lipinski definition) is 1. The summed E-state index contributed by atoms with van der Waals surface area (Å²) in [6.45, 7) is 10.1. The van der Waals surface area contributed by atoms with Gasteiger partial charge in [-0.15, -0.1) is 36.2 Å². The SMILES string of the molecule is Cc1ncsc1CCN1CCC(N)C(C)(C)C1.Cl.Cl. The van der Waals surface area contributed by atoms with E-state index in [1.807, 2.05) is 5.51 Å². The van der Waals surface area contributed by atoms with Gasteiger partial charge in [0, 0.05) is 24.0 Å². The van der Waals surface area contributed by atoms with E-state index >= 15 is 0 Å². The monoisotopic (exact) mass is 325 g/mol. The smallest absolute Gasteiger partial charge is 0.0797 e. The molecular weight excluding hydrogens is 301 g/mol. The summed E-state index contributed by atoms with van der Waals surface area (Å²) in [6, 6.07) is 0.351. The number of aromatic nitrogens is 1. The van der Waals surface area contributed by atoms with E-state index in [1.54, 1.807) is 11.3 Å². The predicted molar refractivity (Wildman–Crippen MR) is 87.9 cm³/mol. The van der Waals surface area contributed by atoms with E-state index < -0.39 is 0 Å². The molecule has 1 aliphatic rings. The van der Waals surface area contributed by atoms with Crippen molar-refractivity contribution in [3.05, 3.63) is 16.1 Å². The maximum Gasteiger partial charge on any atom is 0.0797 e. The fourth-order valence-electron chi connectivity index (χ4n) is 2.50. The van der Waals surface area contributed by atoms with Gasteiger partial charge in [0.2, 0.25) is 0 Å². The van der Waals surface area contributed by atoms with Crippen LogP contribution in [0.5, 0.6) is 0 Å². The van der Waals surface area contributed by atoms with E-state index in [0.717, 1.165) is 32.5 Å². The summed E-state index contributed by atoms with van der Waals surface area (Å²) in [6.07, 6.45) is 2.25. The average Bonchev–Trinajstić information content (AvgIpc) is 2.66. The van der Waals surface area contributed by atoms with Crippen molar-refractivity contribution in [3.8, 4) is 0 Å². The number of likely N-dealkylation sites (tertiary alicyclic amines) is 1. The van der Waals surface area contributed by atoms with Crippen molar-refractivity contribution in [3.63, 3.8) is 0 Å². The van der Waals surface area contributed by atoms with E-state index in [0.29, 0.717) is 6.04 Å². The third-order valence-electron chi connectivity index (χ3n) is 3.89. The van der Waals surface area contributed by atoms with Crippen LogP contribution in [0.25, 0.3) is 0 Å². The molecule has 1 aliphatic heterocycles. The molecule has 6 heteroatoms. The molecule has 0 radical (unpaired) electrons. The molecule has 112 valence electrons. The van der Waals surface area contributed by atoms with Gasteiger partial charge in [-0.3, -0.25) is 0 Å². The van der Waals surface area contributed by atoms with E-state index in [-0.39, 0.29) is 30.2 Å². The Morgan fingerprint density at radius 3 is 2.68 bits per heavy atom. The number of rotatable bonds is 3. The molecule has 1 aromatic rings. The van der Waals surface area contributed by atoms with Crippen molar-refractivity contribution in [1.82, 2.24) is 9.88 Å². The van der Waals surface area contributed by atoms with Crippen LogP contribution in [0.3, 0.4) is 0 Å². The molecule has 2 rings (SSSR count). The van der Waals surface area contributed by atoms with E-state index in [2.05, 4.69) is 30.7 Å². The highest BCUT2D eigenvalue weighted by molar-refractivity contribution is 7.09. The third kappa shape index (κ3) is 4.87. The van der Waals surface area contributed by atoms with Crippen molar-refractivity contribution in [2.75, 3.05) is 19.6 Å². The van der Waals surface area contributed by atoms with Gasteiger partial charge in [-0.05, 0) is 31.7 Å². The average molecular weight is 326 g/mol. The second kappa shape index (κ2) is 7.79. The van der Waals surface area contributed by atoms with Crippen LogP contribution < -0.4 is 5.73 Å². The van der Waals surface area contributed by atoms with Gasteiger partial charge in [-0.1, -0.05) is 13.8 Å². The molecule has 0 aromatic carbocycles. The second-order valence-corrected chi connectivity index (χ2v) is 6.71. The number of thiazole rings is 1. The predicted octanol–water partition coefficient (Wildman–Crippen LogP) is 2.90. The summed E-state index contributed by atoms with van der Waals surface area (Å²) in [4.78, 5) is 8.27. The lowest BCUT2D eigenvalue weighted by Crippen LogP contribution is -2.52. The van der Waals surface area contributed by atoms with Gasteiger partial charge in [0.1, 0.15) is 0 Å². The van der Waals surface area contributed by atoms with E-state index in [9.17, 15) is 0 Å². The number of hydrogen-bond acceptors (Lipinski definition) is 4. The first kappa shape index (κ1) is 19.1. The maximum absolute atomic E-state index is 6.15. The lowest BCUT2D eigenvalue weighted by molar-refractivity contribution is 0.0966. The highest BCUT2D eigenvalue weighted by Gasteiger charge is 2.32. The first-order valence-electron chi connectivity index (χ1n) is 6.36. The van der Waals surface area contributed by atoms with Crippen LogP contribution in [-0.2, 0) is 6.42 Å². The van der Waals surface area contributed by atoms with Crippen molar-refractivity contribution in [1.29, 1.82) is 0 Å². The molecular formula is C13H25Cl2N3S. The molecule has 2 N–H and O–H groups in total. The summed E-state index contributed by atoms with van der Waals surface area (Å²) < 4.78 is 0. The van der Waals surface area contributed by atoms with Crippen LogP contribution in [0, 0.1) is 12.3 Å². The maximum atomic E-state index is 6.15. The molecule has 2 heterocycles. The number of nitrogens with two attached hydrogens (primary N) is 1. The van der Waals surface area contributed by atoms with Gasteiger partial charge in [0.15, 0.2) is 0 Å². The Morgan fingerprint density at radius 2 is 2.16 bits per heavy atom. The zero-order valence-corrected chi connectivity index (χ0v) is 14.3. The van der Waals surface area contributed by atoms with Gasteiger partial charge in [-0.2, -0.15) is 0 Å². The minimum atomic E-state index is 0. The lowest BCUT2D eigenvalue weighted by atomic mass is 9.79. The zero-order chi connectivity index (χ0) is 12.5. The Balaban J connectivity index is 0.00000162. The standard InChI is InChI=1S/C13H23N3S.2ClH/c1-10-11(17-9-15-10)4-6-16-7-5-12(14)13(2,3)8-16;;/h9,12H,4-8,14H2,1-3H3;2*1H. The summed E-state index contributed by atoms with van der Waals surface area (Å²) in [5, 5.41) is 0. The van der Waals surface area contributed by atoms with E-state index in [4.69, 9.17) is 5.73 Å². The number of halogens is 2. The highest BCUT2D eigenvalue weighted by atomic mass is 35.5. The Morgan fingerprint density at radius 1 is 1.47 bits per heavy atom. The van der Waals surface area contributed by atoms with Crippen molar-refractivity contribution >= 4 is 36.2 Å². The summed E-state index contributed by atoms with van der Waals surface area (Å²) in [7, 11) is 0. The molecule has 1 saturated heterocycles. The molecule has 1 aromatic heterocycles. The largest absolute Gasteiger partial charge is 0.327 e. The Bertz CT molecular complexity index is 382. The van der Waals surface area contributed by atoms with Crippen LogP contribution in [-0.4, -0.2) is 35.6 Å². The molecule has 1 fully saturated rings. The first-order valence-corrected chi connectivity index (χ1v) is 7.24. The molecule has 0 bridgehead atoms. The molecule has 0 amide bonds. The summed E-state index contributed by atoms with van der Waals surface area (Å²) >= 11 is 1.78. The van der Waals surface area contributed by atoms with Gasteiger partial charge in [0.25, 0.3) is 0 Å². The lowest BCUT2D eigenvalue weighted by Gasteiger charge is -2.42. The Hall–Kier alpha value is 0.130. The topological polar surface area (TPSA) is 42.2 Å². The molecule has 19 heavy (non-hydrogen) atoms. The van der Waals surface area contributed by atoms with Gasteiger partial charge in [-0.25, -0.2) is 4.98 Å². The molecule has 0 spiro atoms. The highest BCUT2D eigenvalue weighted by Crippen LogP contribution is 2.27. The fraction of sp³-hybridized carbons (Fsp3) is 0.769. The van der Waals surface area contributed by atoms with Crippen LogP contribution in [0.2, 0.25) is 0 Å². The summed E-state index contributed by atoms with van der Waals surface area (Å²) in [5.41, 5.74) is 9.55. The summed E-state index contributed by atoms with van der Waals surface area (Å²) in [5.74, 6) is 0. The third-order valence-corrected chi connectivity index (χ3v) is 4.89. The second-order valence-electron chi connectivity index (χ2n) is 5.77. The normalized spacial score (nSPS) is 22.4. The van der Waals surface area contributed by atoms with Crippen molar-refractivity contribution < 1.29 is 0 Å². The molecule has 0 saturated carbocycles. The van der Waals surface area contributed by atoms with Gasteiger partial charge >= 0.3 is 0 Å². The molecule has 1 atom stereocenters. The number of aryl methyl sites for hydroxylation is 1. The number of nitrogens with zero attached hydrogens (tertiary/aromatic N) is 2. The van der Waals surface area contributed by atoms with Crippen LogP contribution in [0.4, 0.5) is 0 Å². The quantitative estimate of drug-likeness (QED) is 0.929. The zero-order valence-electron chi connectivity index (χ0n) is 11.9. The van der Waals surface area contributed by atoms with Crippen LogP contribution in [0.1, 0.15) is 30.8 Å². The Labute approximate surface area is 132 Å². The van der Waals surface area contributed by atoms with Gasteiger partial charge in [0.05, 0.1) is 11.2 Å². The molecule has 1 unspecified atom stereocenters. The van der Waals surface area contributed by atoms with Crippen molar-refractivity contribution in [2.24, 2.45) is 11.1 Å². The molecule has 0 aliphatic carbocycles. The fourth-order valence-corrected chi connectivity index (χ4v) is 3.27. The Kier molecular flexibility index (Phi) is 7.85. The van der Waals surface area contributed by atoms with Gasteiger partial charge < -0.3 is 10.6 Å². The molecule has 3 nitrogen and oxygen atoms in total. The minimum Gasteiger partial charge on any atom is -0.327 e. The van der Waals surface area contributed by atoms with E-state index in [1.165, 1.54) is 10.6 Å². The first-order chi connectivity index (χ1) is 7.99. The number of piperidine rings is 1. The minimum absolute atomic E-state index is 0. The van der Waals surface area contributed by atoms with Crippen LogP contribution >= 0.6 is 36.2 Å². The van der Waals surface area contributed by atoms with Crippen LogP contribution in [0.15, 0.2) is 5.51 Å².